The number of rotatable bonds is 6. The molecule has 1 aromatic rings. The molecule has 0 radical (unpaired) electrons. The lowest BCUT2D eigenvalue weighted by Gasteiger charge is -2.58. The molecule has 6 nitrogen and oxygen atoms in total. The Morgan fingerprint density at radius 2 is 1.96 bits per heavy atom. The Kier molecular flexibility index (Phi) is 4.62. The molecular weight excluding hydrogens is 346 g/mol. The first kappa shape index (κ1) is 18.3. The molecule has 4 fully saturated rings. The van der Waals surface area contributed by atoms with E-state index in [1.165, 1.54) is 0 Å². The summed E-state index contributed by atoms with van der Waals surface area (Å²) in [5.74, 6) is 0.908. The Morgan fingerprint density at radius 1 is 1.22 bits per heavy atom. The molecule has 5 rings (SSSR count). The van der Waals surface area contributed by atoms with Crippen molar-refractivity contribution in [3.63, 3.8) is 0 Å². The van der Waals surface area contributed by atoms with Gasteiger partial charge in [-0.2, -0.15) is 0 Å². The van der Waals surface area contributed by atoms with Gasteiger partial charge in [-0.05, 0) is 68.1 Å². The van der Waals surface area contributed by atoms with Gasteiger partial charge in [0.05, 0.1) is 18.1 Å². The molecule has 2 N–H and O–H groups in total. The van der Waals surface area contributed by atoms with E-state index in [2.05, 4.69) is 5.32 Å². The van der Waals surface area contributed by atoms with E-state index in [1.54, 1.807) is 7.11 Å². The van der Waals surface area contributed by atoms with E-state index in [0.29, 0.717) is 24.8 Å². The van der Waals surface area contributed by atoms with Crippen LogP contribution in [0.5, 0.6) is 5.75 Å². The number of nitrogens with one attached hydrogen (secondary N) is 1. The average Bonchev–Trinajstić information content (AvgIpc) is 2.62. The third-order valence-corrected chi connectivity index (χ3v) is 6.42. The van der Waals surface area contributed by atoms with Crippen LogP contribution >= 0.6 is 0 Å². The van der Waals surface area contributed by atoms with Crippen LogP contribution in [0.2, 0.25) is 0 Å². The van der Waals surface area contributed by atoms with Crippen LogP contribution in [-0.2, 0) is 20.9 Å². The van der Waals surface area contributed by atoms with Crippen LogP contribution in [0, 0.1) is 17.3 Å². The normalized spacial score (nSPS) is 33.6. The maximum absolute atomic E-state index is 12.8. The highest BCUT2D eigenvalue weighted by Gasteiger charge is 2.60. The number of aliphatic hydroxyl groups is 1. The molecule has 0 aliphatic heterocycles. The molecular formula is C21H27NO5. The lowest BCUT2D eigenvalue weighted by Crippen LogP contribution is -2.58. The highest BCUT2D eigenvalue weighted by Crippen LogP contribution is 2.61. The predicted molar refractivity (Wildman–Crippen MR) is 97.9 cm³/mol. The number of benzene rings is 1. The second-order valence-electron chi connectivity index (χ2n) is 8.67. The molecule has 27 heavy (non-hydrogen) atoms. The molecule has 6 heteroatoms. The summed E-state index contributed by atoms with van der Waals surface area (Å²) in [6, 6.07) is 7.44. The number of amides is 1. The molecule has 146 valence electrons. The first-order valence-corrected chi connectivity index (χ1v) is 9.69. The first-order valence-electron chi connectivity index (χ1n) is 9.69. The van der Waals surface area contributed by atoms with Gasteiger partial charge in [-0.25, -0.2) is 0 Å². The van der Waals surface area contributed by atoms with Gasteiger partial charge >= 0.3 is 5.97 Å². The molecule has 0 heterocycles. The third kappa shape index (κ3) is 3.68. The quantitative estimate of drug-likeness (QED) is 0.747. The van der Waals surface area contributed by atoms with Crippen molar-refractivity contribution in [2.24, 2.45) is 17.3 Å². The molecule has 2 atom stereocenters. The van der Waals surface area contributed by atoms with E-state index in [9.17, 15) is 14.7 Å². The number of hydrogen-bond donors (Lipinski definition) is 2. The summed E-state index contributed by atoms with van der Waals surface area (Å²) in [5, 5.41) is 13.5. The van der Waals surface area contributed by atoms with Gasteiger partial charge in [-0.1, -0.05) is 12.1 Å². The second-order valence-corrected chi connectivity index (χ2v) is 8.67. The van der Waals surface area contributed by atoms with Gasteiger partial charge in [0.15, 0.2) is 6.61 Å². The van der Waals surface area contributed by atoms with Crippen molar-refractivity contribution in [1.82, 2.24) is 5.32 Å². The van der Waals surface area contributed by atoms with Crippen molar-refractivity contribution in [3.8, 4) is 5.75 Å². The SMILES string of the molecule is COc1cccc(CNC(=O)COC(=O)C23CC4CC(CC(O)(C4)C2)C3)c1. The van der Waals surface area contributed by atoms with Crippen molar-refractivity contribution in [1.29, 1.82) is 0 Å². The molecule has 4 aliphatic carbocycles. The van der Waals surface area contributed by atoms with E-state index in [1.807, 2.05) is 24.3 Å². The minimum absolute atomic E-state index is 0.279. The fourth-order valence-electron chi connectivity index (χ4n) is 5.77. The second kappa shape index (κ2) is 6.82. The predicted octanol–water partition coefficient (Wildman–Crippen LogP) is 2.19. The molecule has 2 unspecified atom stereocenters. The number of methoxy groups -OCH3 is 1. The molecule has 0 spiro atoms. The molecule has 1 amide bonds. The van der Waals surface area contributed by atoms with Gasteiger partial charge in [0.25, 0.3) is 5.91 Å². The Labute approximate surface area is 159 Å². The maximum Gasteiger partial charge on any atom is 0.312 e. The standard InChI is InChI=1S/C21H27NO5/c1-26-17-4-2-3-14(6-17)11-22-18(23)12-27-19(24)20-7-15-5-16(8-20)10-21(25,9-15)13-20/h2-4,6,15-16,25H,5,7-13H2,1H3,(H,22,23). The summed E-state index contributed by atoms with van der Waals surface area (Å²) in [7, 11) is 1.60. The van der Waals surface area contributed by atoms with E-state index in [-0.39, 0.29) is 18.5 Å². The summed E-state index contributed by atoms with van der Waals surface area (Å²) < 4.78 is 10.5. The summed E-state index contributed by atoms with van der Waals surface area (Å²) in [6.07, 6.45) is 4.78. The number of esters is 1. The zero-order valence-electron chi connectivity index (χ0n) is 15.7. The van der Waals surface area contributed by atoms with Crippen LogP contribution in [0.4, 0.5) is 0 Å². The van der Waals surface area contributed by atoms with E-state index >= 15 is 0 Å². The van der Waals surface area contributed by atoms with Crippen molar-refractivity contribution < 1.29 is 24.2 Å². The highest BCUT2D eigenvalue weighted by molar-refractivity contribution is 5.83. The lowest BCUT2D eigenvalue weighted by atomic mass is 9.48. The Balaban J connectivity index is 1.29. The molecule has 4 bridgehead atoms. The largest absolute Gasteiger partial charge is 0.497 e. The van der Waals surface area contributed by atoms with Crippen LogP contribution in [0.25, 0.3) is 0 Å². The van der Waals surface area contributed by atoms with Crippen molar-refractivity contribution in [2.45, 2.75) is 50.7 Å². The minimum atomic E-state index is -0.711. The Bertz CT molecular complexity index is 732. The fraction of sp³-hybridized carbons (Fsp3) is 0.619. The number of carbonyl (C=O) groups excluding carboxylic acids is 2. The van der Waals surface area contributed by atoms with Crippen LogP contribution in [0.1, 0.15) is 44.1 Å². The van der Waals surface area contributed by atoms with Gasteiger partial charge < -0.3 is 19.9 Å². The molecule has 4 aliphatic rings. The lowest BCUT2D eigenvalue weighted by molar-refractivity contribution is -0.196. The van der Waals surface area contributed by atoms with Crippen LogP contribution < -0.4 is 10.1 Å². The van der Waals surface area contributed by atoms with Gasteiger partial charge in [0.1, 0.15) is 5.75 Å². The van der Waals surface area contributed by atoms with Crippen LogP contribution in [-0.4, -0.2) is 36.3 Å². The smallest absolute Gasteiger partial charge is 0.312 e. The van der Waals surface area contributed by atoms with E-state index < -0.39 is 11.0 Å². The van der Waals surface area contributed by atoms with E-state index in [4.69, 9.17) is 9.47 Å². The molecule has 0 saturated heterocycles. The summed E-state index contributed by atoms with van der Waals surface area (Å²) in [4.78, 5) is 24.9. The Morgan fingerprint density at radius 3 is 2.63 bits per heavy atom. The van der Waals surface area contributed by atoms with Gasteiger partial charge in [-0.3, -0.25) is 9.59 Å². The maximum atomic E-state index is 12.8. The zero-order valence-corrected chi connectivity index (χ0v) is 15.7. The van der Waals surface area contributed by atoms with Crippen LogP contribution in [0.3, 0.4) is 0 Å². The monoisotopic (exact) mass is 373 g/mol. The Hall–Kier alpha value is -2.08. The topological polar surface area (TPSA) is 84.9 Å². The molecule has 0 aromatic heterocycles. The van der Waals surface area contributed by atoms with Crippen molar-refractivity contribution >= 4 is 11.9 Å². The number of carbonyl (C=O) groups is 2. The summed E-state index contributed by atoms with van der Waals surface area (Å²) in [6.45, 7) is 0.0704. The summed E-state index contributed by atoms with van der Waals surface area (Å²) in [5.41, 5.74) is -0.388. The zero-order chi connectivity index (χ0) is 19.1. The minimum Gasteiger partial charge on any atom is -0.497 e. The van der Waals surface area contributed by atoms with Gasteiger partial charge in [0.2, 0.25) is 0 Å². The fourth-order valence-corrected chi connectivity index (χ4v) is 5.77. The number of ether oxygens (including phenoxy) is 2. The first-order chi connectivity index (χ1) is 12.9. The third-order valence-electron chi connectivity index (χ3n) is 6.42. The van der Waals surface area contributed by atoms with Gasteiger partial charge in [0, 0.05) is 6.54 Å². The summed E-state index contributed by atoms with van der Waals surface area (Å²) >= 11 is 0. The highest BCUT2D eigenvalue weighted by atomic mass is 16.5. The van der Waals surface area contributed by atoms with Crippen LogP contribution in [0.15, 0.2) is 24.3 Å². The van der Waals surface area contributed by atoms with Crippen molar-refractivity contribution in [3.05, 3.63) is 29.8 Å². The van der Waals surface area contributed by atoms with Gasteiger partial charge in [-0.15, -0.1) is 0 Å². The molecule has 4 saturated carbocycles. The average molecular weight is 373 g/mol. The van der Waals surface area contributed by atoms with E-state index in [0.717, 1.165) is 43.4 Å². The number of hydrogen-bond acceptors (Lipinski definition) is 5. The van der Waals surface area contributed by atoms with Crippen molar-refractivity contribution in [2.75, 3.05) is 13.7 Å². The molecule has 1 aromatic carbocycles.